The maximum absolute atomic E-state index is 11.8. The summed E-state index contributed by atoms with van der Waals surface area (Å²) in [6, 6.07) is 8.19. The van der Waals surface area contributed by atoms with Crippen molar-refractivity contribution in [1.29, 1.82) is 0 Å². The highest BCUT2D eigenvalue weighted by Gasteiger charge is 2.08. The third-order valence-electron chi connectivity index (χ3n) is 2.31. The largest absolute Gasteiger partial charge is 0.326 e. The molecule has 0 bridgehead atoms. The van der Waals surface area contributed by atoms with Crippen LogP contribution in [0, 0.1) is 6.92 Å². The van der Waals surface area contributed by atoms with Crippen molar-refractivity contribution in [1.82, 2.24) is 9.97 Å². The molecule has 2 aromatic rings. The number of H-pyrrole nitrogens is 2. The van der Waals surface area contributed by atoms with Crippen molar-refractivity contribution in [2.24, 2.45) is 0 Å². The Bertz CT molecular complexity index is 654. The first-order valence-corrected chi connectivity index (χ1v) is 5.26. The number of benzene rings is 1. The number of aryl methyl sites for hydroxylation is 1. The van der Waals surface area contributed by atoms with E-state index in [-0.39, 0.29) is 5.69 Å². The molecule has 1 amide bonds. The quantitative estimate of drug-likeness (QED) is 0.724. The number of carbonyl (C=O) groups is 1. The van der Waals surface area contributed by atoms with Crippen LogP contribution in [0.5, 0.6) is 0 Å². The average molecular weight is 245 g/mol. The van der Waals surface area contributed by atoms with Crippen molar-refractivity contribution in [3.63, 3.8) is 0 Å². The van der Waals surface area contributed by atoms with Gasteiger partial charge in [0, 0.05) is 11.8 Å². The van der Waals surface area contributed by atoms with E-state index in [1.165, 1.54) is 0 Å². The lowest BCUT2D eigenvalue weighted by atomic mass is 10.2. The van der Waals surface area contributed by atoms with Crippen LogP contribution >= 0.6 is 0 Å². The van der Waals surface area contributed by atoms with Crippen LogP contribution in [0.25, 0.3) is 0 Å². The summed E-state index contributed by atoms with van der Waals surface area (Å²) in [5.41, 5.74) is 0.248. The van der Waals surface area contributed by atoms with Crippen molar-refractivity contribution in [3.05, 3.63) is 62.4 Å². The molecule has 0 radical (unpaired) electrons. The van der Waals surface area contributed by atoms with Crippen LogP contribution in [0.3, 0.4) is 0 Å². The van der Waals surface area contributed by atoms with Gasteiger partial charge in [-0.25, -0.2) is 4.79 Å². The number of hydrogen-bond donors (Lipinski definition) is 3. The Kier molecular flexibility index (Phi) is 3.09. The second-order valence-electron chi connectivity index (χ2n) is 3.82. The fourth-order valence-electron chi connectivity index (χ4n) is 1.43. The van der Waals surface area contributed by atoms with Crippen LogP contribution in [0.1, 0.15) is 16.1 Å². The molecule has 0 fully saturated rings. The summed E-state index contributed by atoms with van der Waals surface area (Å²) in [6.45, 7) is 1.93. The minimum absolute atomic E-state index is 0.0793. The molecule has 92 valence electrons. The maximum atomic E-state index is 11.8. The van der Waals surface area contributed by atoms with E-state index < -0.39 is 17.2 Å². The lowest BCUT2D eigenvalue weighted by Gasteiger charge is -2.04. The van der Waals surface area contributed by atoms with Crippen molar-refractivity contribution in [2.45, 2.75) is 6.92 Å². The van der Waals surface area contributed by atoms with Crippen molar-refractivity contribution < 1.29 is 4.79 Å². The van der Waals surface area contributed by atoms with E-state index in [1.54, 1.807) is 12.1 Å². The molecule has 6 heteroatoms. The van der Waals surface area contributed by atoms with Crippen molar-refractivity contribution in [2.75, 3.05) is 5.32 Å². The molecule has 0 saturated heterocycles. The highest BCUT2D eigenvalue weighted by molar-refractivity contribution is 6.02. The molecular weight excluding hydrogens is 234 g/mol. The number of nitrogens with one attached hydrogen (secondary N) is 3. The highest BCUT2D eigenvalue weighted by atomic mass is 16.2. The Morgan fingerprint density at radius 2 is 1.78 bits per heavy atom. The van der Waals surface area contributed by atoms with E-state index in [0.717, 1.165) is 11.6 Å². The van der Waals surface area contributed by atoms with Crippen LogP contribution < -0.4 is 16.6 Å². The molecule has 1 aromatic carbocycles. The van der Waals surface area contributed by atoms with Crippen molar-refractivity contribution in [3.8, 4) is 0 Å². The highest BCUT2D eigenvalue weighted by Crippen LogP contribution is 2.09. The van der Waals surface area contributed by atoms with Gasteiger partial charge < -0.3 is 10.3 Å². The van der Waals surface area contributed by atoms with Gasteiger partial charge in [-0.05, 0) is 19.1 Å². The first-order chi connectivity index (χ1) is 8.54. The lowest BCUT2D eigenvalue weighted by molar-refractivity contribution is 0.102. The fraction of sp³-hybridized carbons (Fsp3) is 0.0833. The number of anilines is 1. The van der Waals surface area contributed by atoms with Crippen LogP contribution in [-0.4, -0.2) is 15.9 Å². The van der Waals surface area contributed by atoms with E-state index in [0.29, 0.717) is 5.69 Å². The molecule has 1 aromatic heterocycles. The molecule has 0 saturated carbocycles. The van der Waals surface area contributed by atoms with Crippen LogP contribution in [0.4, 0.5) is 5.69 Å². The van der Waals surface area contributed by atoms with Crippen LogP contribution in [0.15, 0.2) is 39.9 Å². The third-order valence-corrected chi connectivity index (χ3v) is 2.31. The topological polar surface area (TPSA) is 94.8 Å². The molecule has 2 rings (SSSR count). The molecule has 6 nitrogen and oxygen atoms in total. The van der Waals surface area contributed by atoms with Gasteiger partial charge >= 0.3 is 5.69 Å². The van der Waals surface area contributed by atoms with Gasteiger partial charge in [0.25, 0.3) is 11.5 Å². The van der Waals surface area contributed by atoms with Gasteiger partial charge in [0.05, 0.1) is 0 Å². The van der Waals surface area contributed by atoms with E-state index in [1.807, 2.05) is 24.0 Å². The SMILES string of the molecule is Cc1ccc(NC(=O)c2cc(=O)[nH]c(=O)[nH]2)cc1. The molecule has 3 N–H and O–H groups in total. The Hall–Kier alpha value is -2.63. The number of aromatic amines is 2. The summed E-state index contributed by atoms with van der Waals surface area (Å²) < 4.78 is 0. The number of rotatable bonds is 2. The first kappa shape index (κ1) is 11.8. The molecule has 0 unspecified atom stereocenters. The summed E-state index contributed by atoms with van der Waals surface area (Å²) in [5, 5.41) is 2.58. The van der Waals surface area contributed by atoms with Gasteiger partial charge in [-0.15, -0.1) is 0 Å². The summed E-state index contributed by atoms with van der Waals surface area (Å²) in [4.78, 5) is 38.1. The third kappa shape index (κ3) is 2.73. The smallest absolute Gasteiger partial charge is 0.321 e. The lowest BCUT2D eigenvalue weighted by Crippen LogP contribution is -2.27. The minimum Gasteiger partial charge on any atom is -0.321 e. The summed E-state index contributed by atoms with van der Waals surface area (Å²) >= 11 is 0. The molecule has 0 atom stereocenters. The molecule has 0 aliphatic heterocycles. The predicted molar refractivity (Wildman–Crippen MR) is 66.8 cm³/mol. The summed E-state index contributed by atoms with van der Waals surface area (Å²) in [5.74, 6) is -0.540. The van der Waals surface area contributed by atoms with Gasteiger partial charge in [0.15, 0.2) is 0 Å². The van der Waals surface area contributed by atoms with Gasteiger partial charge in [0.2, 0.25) is 0 Å². The molecule has 18 heavy (non-hydrogen) atoms. The number of carbonyl (C=O) groups excluding carboxylic acids is 1. The monoisotopic (exact) mass is 245 g/mol. The van der Waals surface area contributed by atoms with Gasteiger partial charge in [-0.2, -0.15) is 0 Å². The van der Waals surface area contributed by atoms with E-state index >= 15 is 0 Å². The average Bonchev–Trinajstić information content (AvgIpc) is 2.31. The Balaban J connectivity index is 2.24. The second kappa shape index (κ2) is 4.70. The Labute approximate surface area is 102 Å². The van der Waals surface area contributed by atoms with E-state index in [2.05, 4.69) is 10.3 Å². The molecule has 0 aliphatic rings. The molecular formula is C12H11N3O3. The zero-order valence-corrected chi connectivity index (χ0v) is 9.61. The van der Waals surface area contributed by atoms with Crippen LogP contribution in [0.2, 0.25) is 0 Å². The second-order valence-corrected chi connectivity index (χ2v) is 3.82. The molecule has 1 heterocycles. The van der Waals surface area contributed by atoms with Gasteiger partial charge in [0.1, 0.15) is 5.69 Å². The summed E-state index contributed by atoms with van der Waals surface area (Å²) in [6.07, 6.45) is 0. The Morgan fingerprint density at radius 1 is 1.11 bits per heavy atom. The fourth-order valence-corrected chi connectivity index (χ4v) is 1.43. The number of aromatic nitrogens is 2. The van der Waals surface area contributed by atoms with Crippen molar-refractivity contribution >= 4 is 11.6 Å². The van der Waals surface area contributed by atoms with Crippen LogP contribution in [-0.2, 0) is 0 Å². The van der Waals surface area contributed by atoms with Gasteiger partial charge in [-0.1, -0.05) is 17.7 Å². The predicted octanol–water partition coefficient (Wildman–Crippen LogP) is 0.624. The number of amides is 1. The summed E-state index contributed by atoms with van der Waals surface area (Å²) in [7, 11) is 0. The first-order valence-electron chi connectivity index (χ1n) is 5.26. The molecule has 0 spiro atoms. The Morgan fingerprint density at radius 3 is 2.39 bits per heavy atom. The normalized spacial score (nSPS) is 10.1. The molecule has 0 aliphatic carbocycles. The standard InChI is InChI=1S/C12H11N3O3/c1-7-2-4-8(5-3-7)13-11(17)9-6-10(16)15-12(18)14-9/h2-6H,1H3,(H,13,17)(H2,14,15,16,18). The maximum Gasteiger partial charge on any atom is 0.326 e. The zero-order chi connectivity index (χ0) is 13.1. The van der Waals surface area contributed by atoms with Gasteiger partial charge in [-0.3, -0.25) is 14.6 Å². The van der Waals surface area contributed by atoms with E-state index in [4.69, 9.17) is 0 Å². The zero-order valence-electron chi connectivity index (χ0n) is 9.61. The number of hydrogen-bond acceptors (Lipinski definition) is 3. The minimum atomic E-state index is -0.712. The van der Waals surface area contributed by atoms with E-state index in [9.17, 15) is 14.4 Å².